The number of carbonyl (C=O) groups is 2. The summed E-state index contributed by atoms with van der Waals surface area (Å²) in [5.74, 6) is -0.626. The lowest BCUT2D eigenvalue weighted by molar-refractivity contribution is -0.148. The van der Waals surface area contributed by atoms with Crippen molar-refractivity contribution < 1.29 is 14.3 Å². The second kappa shape index (κ2) is 9.79. The lowest BCUT2D eigenvalue weighted by atomic mass is 10.0. The number of nitrogens with two attached hydrogens (primary N) is 1. The Morgan fingerprint density at radius 2 is 1.87 bits per heavy atom. The molecule has 3 aromatic rings. The molecule has 0 saturated carbocycles. The molecule has 0 spiro atoms. The van der Waals surface area contributed by atoms with Gasteiger partial charge in [0.15, 0.2) is 12.4 Å². The minimum absolute atomic E-state index is 0.000822. The summed E-state index contributed by atoms with van der Waals surface area (Å²) in [6.45, 7) is 3.44. The van der Waals surface area contributed by atoms with Crippen molar-refractivity contribution in [3.05, 3.63) is 58.5 Å². The summed E-state index contributed by atoms with van der Waals surface area (Å²) >= 11 is 1.30. The number of hydrogen-bond acceptors (Lipinski definition) is 9. The highest BCUT2D eigenvalue weighted by Crippen LogP contribution is 2.14. The summed E-state index contributed by atoms with van der Waals surface area (Å²) in [6.07, 6.45) is 0. The van der Waals surface area contributed by atoms with Gasteiger partial charge in [-0.2, -0.15) is 15.0 Å². The summed E-state index contributed by atoms with van der Waals surface area (Å²) in [4.78, 5) is 37.7. The number of thiophene rings is 1. The molecule has 2 heterocycles. The molecule has 1 atom stereocenters. The topological polar surface area (TPSA) is 132 Å². The monoisotopic (exact) mass is 426 g/mol. The average molecular weight is 427 g/mol. The van der Waals surface area contributed by atoms with Crippen LogP contribution in [0.1, 0.15) is 29.3 Å². The summed E-state index contributed by atoms with van der Waals surface area (Å²) in [6, 6.07) is 12.0. The van der Waals surface area contributed by atoms with Crippen LogP contribution in [0.3, 0.4) is 0 Å². The molecule has 0 fully saturated rings. The number of hydrogen-bond donors (Lipinski definition) is 3. The van der Waals surface area contributed by atoms with Crippen LogP contribution in [0.15, 0.2) is 47.8 Å². The molecule has 0 aliphatic carbocycles. The van der Waals surface area contributed by atoms with Crippen molar-refractivity contribution in [3.63, 3.8) is 0 Å². The molecule has 156 valence electrons. The van der Waals surface area contributed by atoms with Crippen LogP contribution in [0, 0.1) is 5.92 Å². The van der Waals surface area contributed by atoms with E-state index in [0.717, 1.165) is 5.69 Å². The van der Waals surface area contributed by atoms with E-state index in [9.17, 15) is 9.59 Å². The Labute approximate surface area is 177 Å². The van der Waals surface area contributed by atoms with Gasteiger partial charge in [-0.25, -0.2) is 4.79 Å². The Morgan fingerprint density at radius 3 is 2.53 bits per heavy atom. The number of aromatic nitrogens is 3. The van der Waals surface area contributed by atoms with Gasteiger partial charge in [-0.15, -0.1) is 11.3 Å². The van der Waals surface area contributed by atoms with Crippen molar-refractivity contribution >= 4 is 40.8 Å². The highest BCUT2D eigenvalue weighted by molar-refractivity contribution is 7.12. The average Bonchev–Trinajstić information content (AvgIpc) is 3.25. The van der Waals surface area contributed by atoms with Crippen LogP contribution < -0.4 is 16.4 Å². The van der Waals surface area contributed by atoms with Crippen LogP contribution >= 0.6 is 11.3 Å². The lowest BCUT2D eigenvalue weighted by Crippen LogP contribution is -2.45. The number of benzene rings is 1. The molecule has 0 saturated heterocycles. The molecular formula is C20H22N6O3S. The van der Waals surface area contributed by atoms with E-state index in [0.29, 0.717) is 4.88 Å². The number of ether oxygens (including phenoxy) is 1. The minimum Gasteiger partial charge on any atom is -0.456 e. The van der Waals surface area contributed by atoms with Crippen LogP contribution in [0.5, 0.6) is 0 Å². The van der Waals surface area contributed by atoms with Crippen LogP contribution in [-0.4, -0.2) is 32.9 Å². The third-order valence-corrected chi connectivity index (χ3v) is 4.89. The maximum absolute atomic E-state index is 12.6. The van der Waals surface area contributed by atoms with E-state index >= 15 is 0 Å². The number of para-hydroxylation sites is 1. The molecule has 2 aromatic heterocycles. The number of nitrogens with one attached hydrogen (secondary N) is 2. The van der Waals surface area contributed by atoms with E-state index in [4.69, 9.17) is 10.5 Å². The zero-order valence-corrected chi connectivity index (χ0v) is 17.3. The summed E-state index contributed by atoms with van der Waals surface area (Å²) in [5, 5.41) is 7.53. The molecule has 1 unspecified atom stereocenters. The Hall–Kier alpha value is -3.53. The standard InChI is InChI=1S/C20H22N6O3S/c1-12(2)16(25-17(27)14-9-6-10-30-14)18(28)29-11-15-23-19(21)26-20(24-15)22-13-7-4-3-5-8-13/h3-10,12,16H,11H2,1-2H3,(H,25,27)(H3,21,22,23,24,26). The molecule has 0 radical (unpaired) electrons. The van der Waals surface area contributed by atoms with Crippen molar-refractivity contribution in [2.75, 3.05) is 11.1 Å². The number of nitrogens with zero attached hydrogens (tertiary/aromatic N) is 3. The van der Waals surface area contributed by atoms with Gasteiger partial charge in [-0.3, -0.25) is 4.79 Å². The number of anilines is 3. The van der Waals surface area contributed by atoms with Crippen molar-refractivity contribution in [3.8, 4) is 0 Å². The lowest BCUT2D eigenvalue weighted by Gasteiger charge is -2.20. The fourth-order valence-electron chi connectivity index (χ4n) is 2.55. The van der Waals surface area contributed by atoms with E-state index in [1.54, 1.807) is 17.5 Å². The van der Waals surface area contributed by atoms with Gasteiger partial charge in [-0.1, -0.05) is 38.1 Å². The van der Waals surface area contributed by atoms with Gasteiger partial charge in [0, 0.05) is 5.69 Å². The number of carbonyl (C=O) groups excluding carboxylic acids is 2. The quantitative estimate of drug-likeness (QED) is 0.469. The van der Waals surface area contributed by atoms with E-state index in [1.807, 2.05) is 44.2 Å². The zero-order valence-electron chi connectivity index (χ0n) is 16.5. The first-order valence-electron chi connectivity index (χ1n) is 9.26. The Morgan fingerprint density at radius 1 is 1.10 bits per heavy atom. The highest BCUT2D eigenvalue weighted by Gasteiger charge is 2.26. The van der Waals surface area contributed by atoms with Gasteiger partial charge in [0.1, 0.15) is 6.04 Å². The summed E-state index contributed by atoms with van der Waals surface area (Å²) in [5.41, 5.74) is 6.53. The third-order valence-electron chi connectivity index (χ3n) is 4.02. The Bertz CT molecular complexity index is 995. The van der Waals surface area contributed by atoms with E-state index in [2.05, 4.69) is 25.6 Å². The number of esters is 1. The van der Waals surface area contributed by atoms with Gasteiger partial charge in [0.25, 0.3) is 5.91 Å². The minimum atomic E-state index is -0.805. The van der Waals surface area contributed by atoms with Crippen molar-refractivity contribution in [1.29, 1.82) is 0 Å². The fraction of sp³-hybridized carbons (Fsp3) is 0.250. The zero-order chi connectivity index (χ0) is 21.5. The molecule has 10 heteroatoms. The maximum Gasteiger partial charge on any atom is 0.329 e. The van der Waals surface area contributed by atoms with Crippen LogP contribution in [0.2, 0.25) is 0 Å². The predicted octanol–water partition coefficient (Wildman–Crippen LogP) is 2.76. The summed E-state index contributed by atoms with van der Waals surface area (Å²) in [7, 11) is 0. The van der Waals surface area contributed by atoms with E-state index in [1.165, 1.54) is 11.3 Å². The molecule has 0 bridgehead atoms. The van der Waals surface area contributed by atoms with Crippen molar-refractivity contribution in [2.24, 2.45) is 5.92 Å². The van der Waals surface area contributed by atoms with Crippen LogP contribution in [-0.2, 0) is 16.1 Å². The number of amides is 1. The highest BCUT2D eigenvalue weighted by atomic mass is 32.1. The predicted molar refractivity (Wildman–Crippen MR) is 114 cm³/mol. The second-order valence-corrected chi connectivity index (χ2v) is 7.65. The first-order chi connectivity index (χ1) is 14.4. The van der Waals surface area contributed by atoms with Gasteiger partial charge < -0.3 is 21.1 Å². The second-order valence-electron chi connectivity index (χ2n) is 6.70. The first kappa shape index (κ1) is 21.2. The SMILES string of the molecule is CC(C)C(NC(=O)c1cccs1)C(=O)OCc1nc(N)nc(Nc2ccccc2)n1. The Kier molecular flexibility index (Phi) is 6.91. The first-order valence-corrected chi connectivity index (χ1v) is 10.1. The van der Waals surface area contributed by atoms with Gasteiger partial charge >= 0.3 is 5.97 Å². The smallest absolute Gasteiger partial charge is 0.329 e. The van der Waals surface area contributed by atoms with Crippen molar-refractivity contribution in [2.45, 2.75) is 26.5 Å². The molecule has 4 N–H and O–H groups in total. The van der Waals surface area contributed by atoms with Crippen LogP contribution in [0.25, 0.3) is 0 Å². The van der Waals surface area contributed by atoms with Gasteiger partial charge in [0.2, 0.25) is 11.9 Å². The molecule has 1 amide bonds. The largest absolute Gasteiger partial charge is 0.456 e. The van der Waals surface area contributed by atoms with Gasteiger partial charge in [0.05, 0.1) is 4.88 Å². The van der Waals surface area contributed by atoms with Gasteiger partial charge in [-0.05, 0) is 29.5 Å². The molecule has 30 heavy (non-hydrogen) atoms. The fourth-order valence-corrected chi connectivity index (χ4v) is 3.18. The number of rotatable bonds is 8. The summed E-state index contributed by atoms with van der Waals surface area (Å²) < 4.78 is 5.34. The Balaban J connectivity index is 1.64. The normalized spacial score (nSPS) is 11.7. The van der Waals surface area contributed by atoms with E-state index < -0.39 is 12.0 Å². The maximum atomic E-state index is 12.6. The molecule has 9 nitrogen and oxygen atoms in total. The van der Waals surface area contributed by atoms with E-state index in [-0.39, 0.29) is 36.2 Å². The molecule has 3 rings (SSSR count). The number of nitrogen functional groups attached to an aromatic ring is 1. The van der Waals surface area contributed by atoms with Crippen molar-refractivity contribution in [1.82, 2.24) is 20.3 Å². The van der Waals surface area contributed by atoms with Crippen LogP contribution in [0.4, 0.5) is 17.6 Å². The third kappa shape index (κ3) is 5.74. The molecular weight excluding hydrogens is 404 g/mol. The molecule has 0 aliphatic heterocycles. The molecule has 1 aromatic carbocycles. The molecule has 0 aliphatic rings.